The monoisotopic (exact) mass is 242 g/mol. The zero-order valence-corrected chi connectivity index (χ0v) is 10.3. The molecule has 0 radical (unpaired) electrons. The molecule has 4 heteroatoms. The van der Waals surface area contributed by atoms with Crippen LogP contribution >= 0.6 is 11.8 Å². The first-order chi connectivity index (χ1) is 7.34. The van der Waals surface area contributed by atoms with Gasteiger partial charge in [0.15, 0.2) is 0 Å². The standard InChI is InChI=1S/C12H15FO2S/c1-8(2)16-10-6-4-9(5-7-10)12(3,13)11(14)15/h4-8H,1-3H3,(H,14,15). The van der Waals surface area contributed by atoms with Gasteiger partial charge < -0.3 is 5.11 Å². The predicted octanol–water partition coefficient (Wildman–Crippen LogP) is 3.46. The Balaban J connectivity index is 2.91. The zero-order chi connectivity index (χ0) is 12.3. The quantitative estimate of drug-likeness (QED) is 0.822. The highest BCUT2D eigenvalue weighted by atomic mass is 32.2. The molecule has 88 valence electrons. The van der Waals surface area contributed by atoms with Gasteiger partial charge in [0, 0.05) is 15.7 Å². The van der Waals surface area contributed by atoms with E-state index < -0.39 is 11.6 Å². The summed E-state index contributed by atoms with van der Waals surface area (Å²) in [5.41, 5.74) is -2.14. The van der Waals surface area contributed by atoms with Gasteiger partial charge in [-0.05, 0) is 19.1 Å². The van der Waals surface area contributed by atoms with E-state index >= 15 is 0 Å². The van der Waals surface area contributed by atoms with Gasteiger partial charge in [-0.3, -0.25) is 0 Å². The van der Waals surface area contributed by atoms with Crippen molar-refractivity contribution < 1.29 is 14.3 Å². The summed E-state index contributed by atoms with van der Waals surface area (Å²) >= 11 is 1.66. The third-order valence-corrected chi connectivity index (χ3v) is 3.19. The molecular formula is C12H15FO2S. The molecule has 1 rings (SSSR count). The molecule has 1 N–H and O–H groups in total. The van der Waals surface area contributed by atoms with Gasteiger partial charge in [0.25, 0.3) is 0 Å². The van der Waals surface area contributed by atoms with Crippen LogP contribution < -0.4 is 0 Å². The SMILES string of the molecule is CC(C)Sc1ccc(C(C)(F)C(=O)O)cc1. The lowest BCUT2D eigenvalue weighted by Gasteiger charge is -2.15. The number of carboxylic acids is 1. The number of alkyl halides is 1. The van der Waals surface area contributed by atoms with Crippen LogP contribution in [0.1, 0.15) is 26.3 Å². The van der Waals surface area contributed by atoms with Gasteiger partial charge in [0.1, 0.15) is 0 Å². The Hall–Kier alpha value is -1.03. The van der Waals surface area contributed by atoms with E-state index in [9.17, 15) is 9.18 Å². The van der Waals surface area contributed by atoms with Crippen LogP contribution in [0.25, 0.3) is 0 Å². The Kier molecular flexibility index (Phi) is 3.97. The Morgan fingerprint density at radius 2 is 1.88 bits per heavy atom. The number of carbonyl (C=O) groups is 1. The molecular weight excluding hydrogens is 227 g/mol. The van der Waals surface area contributed by atoms with E-state index in [0.29, 0.717) is 5.25 Å². The highest BCUT2D eigenvalue weighted by Crippen LogP contribution is 2.29. The van der Waals surface area contributed by atoms with Crippen molar-refractivity contribution in [3.05, 3.63) is 29.8 Å². The van der Waals surface area contributed by atoms with Gasteiger partial charge in [-0.25, -0.2) is 9.18 Å². The van der Waals surface area contributed by atoms with E-state index in [1.807, 2.05) is 0 Å². The molecule has 0 saturated carbocycles. The van der Waals surface area contributed by atoms with Crippen LogP contribution in [0.15, 0.2) is 29.2 Å². The number of thioether (sulfide) groups is 1. The Bertz CT molecular complexity index is 371. The van der Waals surface area contributed by atoms with Crippen molar-refractivity contribution in [1.82, 2.24) is 0 Å². The third-order valence-electron chi connectivity index (χ3n) is 2.17. The summed E-state index contributed by atoms with van der Waals surface area (Å²) in [5.74, 6) is -1.46. The summed E-state index contributed by atoms with van der Waals surface area (Å²) in [6.45, 7) is 5.18. The van der Waals surface area contributed by atoms with Crippen molar-refractivity contribution in [2.75, 3.05) is 0 Å². The molecule has 0 aliphatic rings. The lowest BCUT2D eigenvalue weighted by Crippen LogP contribution is -2.26. The fourth-order valence-electron chi connectivity index (χ4n) is 1.24. The molecule has 0 heterocycles. The van der Waals surface area contributed by atoms with Gasteiger partial charge in [-0.1, -0.05) is 26.0 Å². The highest BCUT2D eigenvalue weighted by Gasteiger charge is 2.34. The number of hydrogen-bond donors (Lipinski definition) is 1. The molecule has 1 atom stereocenters. The van der Waals surface area contributed by atoms with Gasteiger partial charge in [-0.2, -0.15) is 0 Å². The normalized spacial score (nSPS) is 14.8. The highest BCUT2D eigenvalue weighted by molar-refractivity contribution is 7.99. The lowest BCUT2D eigenvalue weighted by molar-refractivity contribution is -0.150. The average molecular weight is 242 g/mol. The summed E-state index contributed by atoms with van der Waals surface area (Å²) in [5, 5.41) is 9.18. The maximum atomic E-state index is 13.7. The summed E-state index contributed by atoms with van der Waals surface area (Å²) in [4.78, 5) is 11.7. The third kappa shape index (κ3) is 2.98. The molecule has 1 unspecified atom stereocenters. The average Bonchev–Trinajstić information content (AvgIpc) is 2.17. The molecule has 0 aliphatic heterocycles. The van der Waals surface area contributed by atoms with Crippen LogP contribution in [-0.4, -0.2) is 16.3 Å². The van der Waals surface area contributed by atoms with Crippen molar-refractivity contribution in [1.29, 1.82) is 0 Å². The molecule has 2 nitrogen and oxygen atoms in total. The van der Waals surface area contributed by atoms with Crippen molar-refractivity contribution in [2.24, 2.45) is 0 Å². The largest absolute Gasteiger partial charge is 0.479 e. The summed E-state index contributed by atoms with van der Waals surface area (Å²) in [6, 6.07) is 6.55. The number of benzene rings is 1. The van der Waals surface area contributed by atoms with E-state index in [2.05, 4.69) is 13.8 Å². The van der Waals surface area contributed by atoms with E-state index in [0.717, 1.165) is 11.8 Å². The lowest BCUT2D eigenvalue weighted by atomic mass is 9.98. The first-order valence-corrected chi connectivity index (χ1v) is 5.91. The summed E-state index contributed by atoms with van der Waals surface area (Å²) in [7, 11) is 0. The van der Waals surface area contributed by atoms with Crippen LogP contribution in [0.4, 0.5) is 4.39 Å². The molecule has 0 saturated heterocycles. The van der Waals surface area contributed by atoms with E-state index in [1.54, 1.807) is 23.9 Å². The number of hydrogen-bond acceptors (Lipinski definition) is 2. The van der Waals surface area contributed by atoms with Gasteiger partial charge >= 0.3 is 5.97 Å². The van der Waals surface area contributed by atoms with E-state index in [-0.39, 0.29) is 5.56 Å². The van der Waals surface area contributed by atoms with E-state index in [1.165, 1.54) is 12.1 Å². The Labute approximate surface area is 98.9 Å². The molecule has 0 fully saturated rings. The molecule has 0 aliphatic carbocycles. The minimum absolute atomic E-state index is 0.174. The second kappa shape index (κ2) is 4.87. The molecule has 0 bridgehead atoms. The fourth-order valence-corrected chi connectivity index (χ4v) is 2.08. The van der Waals surface area contributed by atoms with Crippen molar-refractivity contribution in [3.8, 4) is 0 Å². The number of carboxylic acid groups (broad SMARTS) is 1. The van der Waals surface area contributed by atoms with Crippen LogP contribution in [0.5, 0.6) is 0 Å². The summed E-state index contributed by atoms with van der Waals surface area (Å²) < 4.78 is 13.7. The second-order valence-electron chi connectivity index (χ2n) is 4.00. The van der Waals surface area contributed by atoms with Crippen molar-refractivity contribution in [2.45, 2.75) is 36.6 Å². The van der Waals surface area contributed by atoms with Gasteiger partial charge in [0.2, 0.25) is 5.67 Å². The minimum atomic E-state index is -2.32. The van der Waals surface area contributed by atoms with E-state index in [4.69, 9.17) is 5.11 Å². The van der Waals surface area contributed by atoms with Crippen LogP contribution in [0, 0.1) is 0 Å². The van der Waals surface area contributed by atoms with Crippen molar-refractivity contribution >= 4 is 17.7 Å². The fraction of sp³-hybridized carbons (Fsp3) is 0.417. The molecule has 0 aromatic heterocycles. The predicted molar refractivity (Wildman–Crippen MR) is 63.5 cm³/mol. The summed E-state index contributed by atoms with van der Waals surface area (Å²) in [6.07, 6.45) is 0. The Morgan fingerprint density at radius 1 is 1.38 bits per heavy atom. The Morgan fingerprint density at radius 3 is 2.25 bits per heavy atom. The molecule has 1 aromatic carbocycles. The van der Waals surface area contributed by atoms with Crippen LogP contribution in [0.2, 0.25) is 0 Å². The van der Waals surface area contributed by atoms with Crippen LogP contribution in [0.3, 0.4) is 0 Å². The van der Waals surface area contributed by atoms with Gasteiger partial charge in [0.05, 0.1) is 0 Å². The number of halogens is 1. The first kappa shape index (κ1) is 13.0. The molecule has 0 spiro atoms. The number of aliphatic carboxylic acids is 1. The minimum Gasteiger partial charge on any atom is -0.479 e. The zero-order valence-electron chi connectivity index (χ0n) is 9.53. The smallest absolute Gasteiger partial charge is 0.345 e. The topological polar surface area (TPSA) is 37.3 Å². The number of rotatable bonds is 4. The molecule has 1 aromatic rings. The first-order valence-electron chi connectivity index (χ1n) is 5.03. The van der Waals surface area contributed by atoms with Gasteiger partial charge in [-0.15, -0.1) is 11.8 Å². The van der Waals surface area contributed by atoms with Crippen molar-refractivity contribution in [3.63, 3.8) is 0 Å². The maximum Gasteiger partial charge on any atom is 0.345 e. The molecule has 16 heavy (non-hydrogen) atoms. The maximum absolute atomic E-state index is 13.7. The molecule has 0 amide bonds. The van der Waals surface area contributed by atoms with Crippen LogP contribution in [-0.2, 0) is 10.5 Å². The second-order valence-corrected chi connectivity index (χ2v) is 5.65.